The molecule has 0 aliphatic carbocycles. The highest BCUT2D eigenvalue weighted by Gasteiger charge is 2.10. The zero-order chi connectivity index (χ0) is 10.1. The molecule has 0 rings (SSSR count). The molecule has 0 heterocycles. The van der Waals surface area contributed by atoms with Crippen LogP contribution in [0.3, 0.4) is 0 Å². The van der Waals surface area contributed by atoms with Gasteiger partial charge in [-0.2, -0.15) is 0 Å². The normalized spacial score (nSPS) is 15.3. The molecule has 0 radical (unpaired) electrons. The van der Waals surface area contributed by atoms with Crippen molar-refractivity contribution >= 4 is 0 Å². The number of allylic oxidation sites excluding steroid dienone is 1. The average molecular weight is 186 g/mol. The number of rotatable bonds is 8. The van der Waals surface area contributed by atoms with E-state index in [-0.39, 0.29) is 0 Å². The quantitative estimate of drug-likeness (QED) is 0.343. The lowest BCUT2D eigenvalue weighted by Gasteiger charge is -2.19. The molecule has 0 bridgehead atoms. The first-order chi connectivity index (χ1) is 6.24. The number of hydrazine groups is 1. The molecule has 0 aromatic rings. The fourth-order valence-corrected chi connectivity index (χ4v) is 1.43. The Kier molecular flexibility index (Phi) is 7.99. The van der Waals surface area contributed by atoms with Gasteiger partial charge in [0.1, 0.15) is 0 Å². The van der Waals surface area contributed by atoms with Crippen LogP contribution in [-0.4, -0.2) is 19.8 Å². The number of ether oxygens (including phenoxy) is 1. The molecule has 78 valence electrons. The largest absolute Gasteiger partial charge is 0.384 e. The summed E-state index contributed by atoms with van der Waals surface area (Å²) in [6.07, 6.45) is 5.03. The first-order valence-corrected chi connectivity index (χ1v) is 4.80. The van der Waals surface area contributed by atoms with Crippen LogP contribution in [0, 0.1) is 5.92 Å². The van der Waals surface area contributed by atoms with E-state index in [9.17, 15) is 0 Å². The van der Waals surface area contributed by atoms with E-state index in [1.165, 1.54) is 0 Å². The Morgan fingerprint density at radius 1 is 1.62 bits per heavy atom. The number of hydrogen-bond donors (Lipinski definition) is 2. The van der Waals surface area contributed by atoms with Crippen molar-refractivity contribution in [2.45, 2.75) is 32.2 Å². The van der Waals surface area contributed by atoms with Gasteiger partial charge >= 0.3 is 0 Å². The smallest absolute Gasteiger partial charge is 0.0488 e. The van der Waals surface area contributed by atoms with Crippen molar-refractivity contribution in [2.24, 2.45) is 11.8 Å². The Bertz CT molecular complexity index is 128. The number of methoxy groups -OCH3 is 1. The molecule has 2 unspecified atom stereocenters. The van der Waals surface area contributed by atoms with Crippen LogP contribution in [0.25, 0.3) is 0 Å². The van der Waals surface area contributed by atoms with E-state index >= 15 is 0 Å². The standard InChI is InChI=1S/C10H22N2O/c1-4-5-6-10(12-11)7-9(2)8-13-3/h4,9-10,12H,1,5-8,11H2,2-3H3. The van der Waals surface area contributed by atoms with Crippen molar-refractivity contribution in [1.29, 1.82) is 0 Å². The van der Waals surface area contributed by atoms with Crippen LogP contribution in [-0.2, 0) is 4.74 Å². The van der Waals surface area contributed by atoms with Crippen LogP contribution in [0.2, 0.25) is 0 Å². The summed E-state index contributed by atoms with van der Waals surface area (Å²) < 4.78 is 5.06. The second-order valence-corrected chi connectivity index (χ2v) is 3.53. The number of hydrogen-bond acceptors (Lipinski definition) is 3. The van der Waals surface area contributed by atoms with Crippen molar-refractivity contribution < 1.29 is 4.74 Å². The minimum Gasteiger partial charge on any atom is -0.384 e. The Balaban J connectivity index is 3.61. The Labute approximate surface area is 81.3 Å². The van der Waals surface area contributed by atoms with E-state index in [1.807, 2.05) is 6.08 Å². The second-order valence-electron chi connectivity index (χ2n) is 3.53. The fourth-order valence-electron chi connectivity index (χ4n) is 1.43. The topological polar surface area (TPSA) is 47.3 Å². The fraction of sp³-hybridized carbons (Fsp3) is 0.800. The first kappa shape index (κ1) is 12.6. The van der Waals surface area contributed by atoms with Crippen LogP contribution in [0.5, 0.6) is 0 Å². The SMILES string of the molecule is C=CCCC(CC(C)COC)NN. The van der Waals surface area contributed by atoms with Crippen LogP contribution < -0.4 is 11.3 Å². The monoisotopic (exact) mass is 186 g/mol. The Hall–Kier alpha value is -0.380. The number of nitrogens with two attached hydrogens (primary N) is 1. The van der Waals surface area contributed by atoms with Crippen LogP contribution in [0.4, 0.5) is 0 Å². The van der Waals surface area contributed by atoms with Crippen molar-refractivity contribution in [3.05, 3.63) is 12.7 Å². The summed E-state index contributed by atoms with van der Waals surface area (Å²) in [7, 11) is 1.73. The Morgan fingerprint density at radius 2 is 2.31 bits per heavy atom. The molecule has 0 spiro atoms. The maximum absolute atomic E-state index is 5.43. The van der Waals surface area contributed by atoms with Gasteiger partial charge in [0.25, 0.3) is 0 Å². The van der Waals surface area contributed by atoms with Gasteiger partial charge in [0, 0.05) is 19.8 Å². The summed E-state index contributed by atoms with van der Waals surface area (Å²) in [6, 6.07) is 0.378. The summed E-state index contributed by atoms with van der Waals surface area (Å²) in [6.45, 7) is 6.66. The molecule has 3 N–H and O–H groups in total. The molecule has 0 aromatic heterocycles. The maximum atomic E-state index is 5.43. The molecule has 0 aromatic carbocycles. The lowest BCUT2D eigenvalue weighted by atomic mass is 9.99. The van der Waals surface area contributed by atoms with Gasteiger partial charge in [0.2, 0.25) is 0 Å². The molecular weight excluding hydrogens is 164 g/mol. The first-order valence-electron chi connectivity index (χ1n) is 4.80. The van der Waals surface area contributed by atoms with Crippen molar-refractivity contribution in [3.8, 4) is 0 Å². The lowest BCUT2D eigenvalue weighted by molar-refractivity contribution is 0.148. The molecule has 0 fully saturated rings. The maximum Gasteiger partial charge on any atom is 0.0488 e. The molecule has 3 nitrogen and oxygen atoms in total. The van der Waals surface area contributed by atoms with Crippen molar-refractivity contribution in [2.75, 3.05) is 13.7 Å². The van der Waals surface area contributed by atoms with Crippen LogP contribution in [0.15, 0.2) is 12.7 Å². The molecule has 0 aliphatic rings. The Morgan fingerprint density at radius 3 is 2.77 bits per heavy atom. The third kappa shape index (κ3) is 6.75. The minimum atomic E-state index is 0.378. The van der Waals surface area contributed by atoms with Gasteiger partial charge in [-0.1, -0.05) is 13.0 Å². The van der Waals surface area contributed by atoms with Gasteiger partial charge in [-0.25, -0.2) is 0 Å². The zero-order valence-corrected chi connectivity index (χ0v) is 8.75. The summed E-state index contributed by atoms with van der Waals surface area (Å²) in [4.78, 5) is 0. The van der Waals surface area contributed by atoms with Crippen LogP contribution >= 0.6 is 0 Å². The molecule has 0 amide bonds. The van der Waals surface area contributed by atoms with E-state index in [2.05, 4.69) is 18.9 Å². The van der Waals surface area contributed by atoms with E-state index < -0.39 is 0 Å². The van der Waals surface area contributed by atoms with Gasteiger partial charge in [-0.15, -0.1) is 6.58 Å². The highest BCUT2D eigenvalue weighted by atomic mass is 16.5. The predicted molar refractivity (Wildman–Crippen MR) is 56.2 cm³/mol. The summed E-state index contributed by atoms with van der Waals surface area (Å²) in [5.41, 5.74) is 2.82. The molecule has 0 aliphatic heterocycles. The van der Waals surface area contributed by atoms with Gasteiger partial charge < -0.3 is 4.74 Å². The van der Waals surface area contributed by atoms with E-state index in [0.29, 0.717) is 12.0 Å². The van der Waals surface area contributed by atoms with Gasteiger partial charge in [-0.05, 0) is 25.2 Å². The summed E-state index contributed by atoms with van der Waals surface area (Å²) in [5, 5.41) is 0. The van der Waals surface area contributed by atoms with Crippen LogP contribution in [0.1, 0.15) is 26.2 Å². The van der Waals surface area contributed by atoms with Gasteiger partial charge in [-0.3, -0.25) is 11.3 Å². The van der Waals surface area contributed by atoms with E-state index in [1.54, 1.807) is 7.11 Å². The average Bonchev–Trinajstić information content (AvgIpc) is 2.12. The predicted octanol–water partition coefficient (Wildman–Crippen LogP) is 1.46. The van der Waals surface area contributed by atoms with E-state index in [4.69, 9.17) is 10.6 Å². The minimum absolute atomic E-state index is 0.378. The molecular formula is C10H22N2O. The lowest BCUT2D eigenvalue weighted by Crippen LogP contribution is -2.36. The second kappa shape index (κ2) is 8.23. The van der Waals surface area contributed by atoms with Crippen molar-refractivity contribution in [3.63, 3.8) is 0 Å². The number of nitrogens with one attached hydrogen (secondary N) is 1. The molecule has 13 heavy (non-hydrogen) atoms. The molecule has 3 heteroatoms. The third-order valence-electron chi connectivity index (χ3n) is 2.09. The third-order valence-corrected chi connectivity index (χ3v) is 2.09. The molecule has 0 saturated heterocycles. The summed E-state index contributed by atoms with van der Waals surface area (Å²) in [5.74, 6) is 5.98. The molecule has 0 saturated carbocycles. The summed E-state index contributed by atoms with van der Waals surface area (Å²) >= 11 is 0. The van der Waals surface area contributed by atoms with Gasteiger partial charge in [0.15, 0.2) is 0 Å². The zero-order valence-electron chi connectivity index (χ0n) is 8.75. The van der Waals surface area contributed by atoms with E-state index in [0.717, 1.165) is 25.9 Å². The highest BCUT2D eigenvalue weighted by Crippen LogP contribution is 2.10. The highest BCUT2D eigenvalue weighted by molar-refractivity contribution is 4.74. The van der Waals surface area contributed by atoms with Crippen molar-refractivity contribution in [1.82, 2.24) is 5.43 Å². The molecule has 2 atom stereocenters. The van der Waals surface area contributed by atoms with Gasteiger partial charge in [0.05, 0.1) is 0 Å².